The molecule has 0 aliphatic heterocycles. The maximum atomic E-state index is 13.4. The maximum Gasteiger partial charge on any atom is 0.208 e. The molecule has 1 atom stereocenters. The van der Waals surface area contributed by atoms with Gasteiger partial charge in [-0.2, -0.15) is 4.39 Å². The third-order valence-corrected chi connectivity index (χ3v) is 2.42. The van der Waals surface area contributed by atoms with Crippen molar-refractivity contribution >= 4 is 15.9 Å². The van der Waals surface area contributed by atoms with Crippen LogP contribution in [-0.2, 0) is 0 Å². The van der Waals surface area contributed by atoms with Gasteiger partial charge in [-0.1, -0.05) is 0 Å². The molecule has 0 bridgehead atoms. The molecule has 0 spiro atoms. The summed E-state index contributed by atoms with van der Waals surface area (Å²) in [5, 5.41) is 18.6. The van der Waals surface area contributed by atoms with Crippen molar-refractivity contribution in [2.24, 2.45) is 0 Å². The molecule has 2 N–H and O–H groups in total. The lowest BCUT2D eigenvalue weighted by Gasteiger charge is -2.12. The summed E-state index contributed by atoms with van der Waals surface area (Å²) in [6.07, 6.45) is -0.938. The van der Waals surface area contributed by atoms with E-state index < -0.39 is 17.7 Å². The largest absolute Gasteiger partial charge is 0.504 e. The zero-order chi connectivity index (χ0) is 10.9. The maximum absolute atomic E-state index is 13.4. The van der Waals surface area contributed by atoms with Crippen LogP contribution in [0.5, 0.6) is 11.5 Å². The first-order chi connectivity index (χ1) is 6.49. The third-order valence-electron chi connectivity index (χ3n) is 1.83. The Morgan fingerprint density at radius 2 is 2.14 bits per heavy atom. The summed E-state index contributed by atoms with van der Waals surface area (Å²) in [5.74, 6) is -1.54. The summed E-state index contributed by atoms with van der Waals surface area (Å²) in [5.41, 5.74) is 0.121. The van der Waals surface area contributed by atoms with Crippen molar-refractivity contribution in [3.05, 3.63) is 21.9 Å². The lowest BCUT2D eigenvalue weighted by molar-refractivity contribution is 0.193. The highest BCUT2D eigenvalue weighted by Crippen LogP contribution is 2.38. The van der Waals surface area contributed by atoms with Gasteiger partial charge in [0.15, 0.2) is 11.5 Å². The lowest BCUT2D eigenvalue weighted by atomic mass is 10.1. The fraction of sp³-hybridized carbons (Fsp3) is 0.333. The van der Waals surface area contributed by atoms with Crippen molar-refractivity contribution in [3.63, 3.8) is 0 Å². The summed E-state index contributed by atoms with van der Waals surface area (Å²) in [6, 6.07) is 1.42. The van der Waals surface area contributed by atoms with E-state index in [1.807, 2.05) is 0 Å². The van der Waals surface area contributed by atoms with Gasteiger partial charge < -0.3 is 14.9 Å². The Labute approximate surface area is 89.3 Å². The number of hydrogen-bond acceptors (Lipinski definition) is 3. The summed E-state index contributed by atoms with van der Waals surface area (Å²) in [4.78, 5) is 0. The molecule has 0 heterocycles. The topological polar surface area (TPSA) is 49.7 Å². The summed E-state index contributed by atoms with van der Waals surface area (Å²) >= 11 is 3.07. The van der Waals surface area contributed by atoms with Gasteiger partial charge in [-0.3, -0.25) is 0 Å². The zero-order valence-corrected chi connectivity index (χ0v) is 9.30. The van der Waals surface area contributed by atoms with Crippen LogP contribution < -0.4 is 4.74 Å². The van der Waals surface area contributed by atoms with Crippen LogP contribution in [0.25, 0.3) is 0 Å². The van der Waals surface area contributed by atoms with E-state index in [0.29, 0.717) is 4.47 Å². The van der Waals surface area contributed by atoms with E-state index in [2.05, 4.69) is 15.9 Å². The molecule has 0 radical (unpaired) electrons. The Kier molecular flexibility index (Phi) is 3.34. The number of phenolic OH excluding ortho intramolecular Hbond substituents is 1. The fourth-order valence-corrected chi connectivity index (χ4v) is 1.70. The average Bonchev–Trinajstić information content (AvgIpc) is 2.12. The zero-order valence-electron chi connectivity index (χ0n) is 7.71. The van der Waals surface area contributed by atoms with E-state index in [4.69, 9.17) is 4.74 Å². The van der Waals surface area contributed by atoms with Gasteiger partial charge in [-0.25, -0.2) is 0 Å². The number of ether oxygens (including phenoxy) is 1. The first kappa shape index (κ1) is 11.3. The first-order valence-corrected chi connectivity index (χ1v) is 4.71. The lowest BCUT2D eigenvalue weighted by Crippen LogP contribution is -1.97. The van der Waals surface area contributed by atoms with Crippen molar-refractivity contribution in [2.75, 3.05) is 7.11 Å². The fourth-order valence-electron chi connectivity index (χ4n) is 1.12. The SMILES string of the molecule is COc1c(Br)cc(C(C)O)c(O)c1F. The van der Waals surface area contributed by atoms with Gasteiger partial charge in [0.25, 0.3) is 0 Å². The molecular formula is C9H10BrFO3. The van der Waals surface area contributed by atoms with Crippen molar-refractivity contribution < 1.29 is 19.3 Å². The Morgan fingerprint density at radius 3 is 2.57 bits per heavy atom. The highest BCUT2D eigenvalue weighted by molar-refractivity contribution is 9.10. The minimum atomic E-state index is -0.938. The Morgan fingerprint density at radius 1 is 1.57 bits per heavy atom. The van der Waals surface area contributed by atoms with Crippen molar-refractivity contribution in [3.8, 4) is 11.5 Å². The molecule has 1 rings (SSSR count). The van der Waals surface area contributed by atoms with Gasteiger partial charge in [0.2, 0.25) is 5.82 Å². The van der Waals surface area contributed by atoms with Gasteiger partial charge in [-0.15, -0.1) is 0 Å². The quantitative estimate of drug-likeness (QED) is 0.862. The van der Waals surface area contributed by atoms with Crippen LogP contribution >= 0.6 is 15.9 Å². The van der Waals surface area contributed by atoms with Crippen molar-refractivity contribution in [1.29, 1.82) is 0 Å². The molecule has 1 aromatic rings. The van der Waals surface area contributed by atoms with E-state index in [9.17, 15) is 14.6 Å². The minimum Gasteiger partial charge on any atom is -0.504 e. The number of phenols is 1. The van der Waals surface area contributed by atoms with Crippen LogP contribution in [0.2, 0.25) is 0 Å². The second-order valence-electron chi connectivity index (χ2n) is 2.82. The number of benzene rings is 1. The van der Waals surface area contributed by atoms with Gasteiger partial charge >= 0.3 is 0 Å². The average molecular weight is 265 g/mol. The van der Waals surface area contributed by atoms with Crippen LogP contribution in [0.3, 0.4) is 0 Å². The molecule has 0 saturated carbocycles. The molecule has 0 aromatic heterocycles. The van der Waals surface area contributed by atoms with E-state index >= 15 is 0 Å². The van der Waals surface area contributed by atoms with E-state index in [1.54, 1.807) is 0 Å². The summed E-state index contributed by atoms with van der Waals surface area (Å²) < 4.78 is 18.4. The van der Waals surface area contributed by atoms with Gasteiger partial charge in [0, 0.05) is 5.56 Å². The van der Waals surface area contributed by atoms with E-state index in [1.165, 1.54) is 20.1 Å². The summed E-state index contributed by atoms with van der Waals surface area (Å²) in [6.45, 7) is 1.44. The second-order valence-corrected chi connectivity index (χ2v) is 3.67. The number of halogens is 2. The normalized spacial score (nSPS) is 12.6. The molecule has 0 amide bonds. The highest BCUT2D eigenvalue weighted by atomic mass is 79.9. The summed E-state index contributed by atoms with van der Waals surface area (Å²) in [7, 11) is 1.30. The number of hydrogen-bond donors (Lipinski definition) is 2. The molecular weight excluding hydrogens is 255 g/mol. The molecule has 1 aromatic carbocycles. The van der Waals surface area contributed by atoms with Crippen LogP contribution in [0.15, 0.2) is 10.5 Å². The van der Waals surface area contributed by atoms with Gasteiger partial charge in [0.05, 0.1) is 17.7 Å². The Bertz CT molecular complexity index is 352. The number of aromatic hydroxyl groups is 1. The predicted molar refractivity (Wildman–Crippen MR) is 53.0 cm³/mol. The first-order valence-electron chi connectivity index (χ1n) is 3.92. The minimum absolute atomic E-state index is 0.0769. The molecule has 0 fully saturated rings. The number of methoxy groups -OCH3 is 1. The molecule has 3 nitrogen and oxygen atoms in total. The van der Waals surface area contributed by atoms with Gasteiger partial charge in [-0.05, 0) is 28.9 Å². The standard InChI is InChI=1S/C9H10BrFO3/c1-4(12)5-3-6(10)9(14-2)7(11)8(5)13/h3-4,12-13H,1-2H3. The smallest absolute Gasteiger partial charge is 0.208 e. The van der Waals surface area contributed by atoms with Crippen LogP contribution in [-0.4, -0.2) is 17.3 Å². The highest BCUT2D eigenvalue weighted by Gasteiger charge is 2.19. The second kappa shape index (κ2) is 4.14. The Hall–Kier alpha value is -0.810. The molecule has 1 unspecified atom stereocenters. The molecule has 0 aliphatic rings. The van der Waals surface area contributed by atoms with Crippen LogP contribution in [0.4, 0.5) is 4.39 Å². The molecule has 0 saturated heterocycles. The van der Waals surface area contributed by atoms with Crippen molar-refractivity contribution in [1.82, 2.24) is 0 Å². The van der Waals surface area contributed by atoms with E-state index in [0.717, 1.165) is 0 Å². The molecule has 5 heteroatoms. The number of aliphatic hydroxyl groups excluding tert-OH is 1. The molecule has 0 aliphatic carbocycles. The third kappa shape index (κ3) is 1.83. The van der Waals surface area contributed by atoms with Crippen molar-refractivity contribution in [2.45, 2.75) is 13.0 Å². The molecule has 78 valence electrons. The van der Waals surface area contributed by atoms with Crippen LogP contribution in [0.1, 0.15) is 18.6 Å². The van der Waals surface area contributed by atoms with Crippen LogP contribution in [0, 0.1) is 5.82 Å². The Balaban J connectivity index is 3.40. The number of aliphatic hydroxyl groups is 1. The predicted octanol–water partition coefficient (Wildman–Crippen LogP) is 2.36. The molecule has 14 heavy (non-hydrogen) atoms. The van der Waals surface area contributed by atoms with E-state index in [-0.39, 0.29) is 11.3 Å². The number of rotatable bonds is 2. The van der Waals surface area contributed by atoms with Gasteiger partial charge in [0.1, 0.15) is 0 Å². The monoisotopic (exact) mass is 264 g/mol.